The highest BCUT2D eigenvalue weighted by molar-refractivity contribution is 6.04. The molecule has 2 heterocycles. The van der Waals surface area contributed by atoms with Crippen LogP contribution in [0.1, 0.15) is 39.9 Å². The number of carbonyl (C=O) groups excluding carboxylic acids is 1. The van der Waals surface area contributed by atoms with Crippen molar-refractivity contribution in [1.29, 1.82) is 0 Å². The zero-order valence-corrected chi connectivity index (χ0v) is 16.3. The smallest absolute Gasteiger partial charge is 0.267 e. The molecule has 0 atom stereocenters. The van der Waals surface area contributed by atoms with Crippen LogP contribution in [0.25, 0.3) is 10.9 Å². The van der Waals surface area contributed by atoms with E-state index in [0.29, 0.717) is 12.1 Å². The van der Waals surface area contributed by atoms with Crippen molar-refractivity contribution in [1.82, 2.24) is 30.4 Å². The number of aromatic amines is 1. The van der Waals surface area contributed by atoms with Crippen LogP contribution in [0.4, 0.5) is 0 Å². The molecule has 0 aliphatic carbocycles. The quantitative estimate of drug-likeness (QED) is 0.479. The van der Waals surface area contributed by atoms with Crippen molar-refractivity contribution >= 4 is 16.8 Å². The molecule has 0 aliphatic rings. The molecule has 0 aliphatic heterocycles. The van der Waals surface area contributed by atoms with Gasteiger partial charge < -0.3 is 5.73 Å². The number of carbonyl (C=O) groups is 1. The van der Waals surface area contributed by atoms with Crippen LogP contribution in [0.3, 0.4) is 0 Å². The lowest BCUT2D eigenvalue weighted by molar-refractivity contribution is 0.0997. The van der Waals surface area contributed by atoms with Crippen LogP contribution in [-0.4, -0.2) is 36.3 Å². The fourth-order valence-corrected chi connectivity index (χ4v) is 3.57. The minimum absolute atomic E-state index is 0.351. The first-order valence-electron chi connectivity index (χ1n) is 9.74. The first-order valence-corrected chi connectivity index (χ1v) is 9.74. The summed E-state index contributed by atoms with van der Waals surface area (Å²) in [7, 11) is 0. The van der Waals surface area contributed by atoms with Gasteiger partial charge in [-0.05, 0) is 52.4 Å². The lowest BCUT2D eigenvalue weighted by Crippen LogP contribution is -2.12. The number of fused-ring (bicyclic) bond motifs is 1. The highest BCUT2D eigenvalue weighted by atomic mass is 16.1. The van der Waals surface area contributed by atoms with Crippen molar-refractivity contribution in [3.63, 3.8) is 0 Å². The fraction of sp³-hybridized carbons (Fsp3) is 0.286. The van der Waals surface area contributed by atoms with E-state index >= 15 is 0 Å². The van der Waals surface area contributed by atoms with E-state index in [1.807, 2.05) is 28.9 Å². The Bertz CT molecular complexity index is 1130. The number of primary amides is 1. The minimum Gasteiger partial charge on any atom is -0.364 e. The fourth-order valence-electron chi connectivity index (χ4n) is 3.57. The van der Waals surface area contributed by atoms with Gasteiger partial charge in [-0.25, -0.2) is 4.68 Å². The molecule has 2 aromatic heterocycles. The average molecular weight is 389 g/mol. The van der Waals surface area contributed by atoms with E-state index in [4.69, 9.17) is 5.73 Å². The summed E-state index contributed by atoms with van der Waals surface area (Å²) in [5.74, 6) is 0.345. The third-order valence-corrected chi connectivity index (χ3v) is 5.12. The second-order valence-corrected chi connectivity index (χ2v) is 7.02. The highest BCUT2D eigenvalue weighted by Crippen LogP contribution is 2.23. The molecule has 8 nitrogen and oxygen atoms in total. The monoisotopic (exact) mass is 389 g/mol. The minimum atomic E-state index is -0.503. The van der Waals surface area contributed by atoms with E-state index in [1.54, 1.807) is 0 Å². The number of rotatable bonds is 8. The van der Waals surface area contributed by atoms with E-state index in [1.165, 1.54) is 5.56 Å². The Morgan fingerprint density at radius 3 is 2.69 bits per heavy atom. The molecule has 0 spiro atoms. The molecule has 0 radical (unpaired) electrons. The van der Waals surface area contributed by atoms with Crippen molar-refractivity contribution in [2.75, 3.05) is 0 Å². The predicted molar refractivity (Wildman–Crippen MR) is 109 cm³/mol. The zero-order valence-electron chi connectivity index (χ0n) is 16.3. The highest BCUT2D eigenvalue weighted by Gasteiger charge is 2.15. The number of benzene rings is 2. The van der Waals surface area contributed by atoms with E-state index in [9.17, 15) is 4.79 Å². The molecule has 148 valence electrons. The van der Waals surface area contributed by atoms with Crippen LogP contribution in [0.2, 0.25) is 0 Å². The van der Waals surface area contributed by atoms with Gasteiger partial charge in [0.25, 0.3) is 5.91 Å². The standard InChI is InChI=1S/C21H23N7O/c1-2-16-12-15(13-17-19(16)24-25-20(17)21(22)29)8-9-18-23-26-27-28(18)11-10-14-6-4-3-5-7-14/h3-7,12-13H,2,8-11H2,1H3,(H2,22,29)(H,24,25). The van der Waals surface area contributed by atoms with Crippen LogP contribution >= 0.6 is 0 Å². The van der Waals surface area contributed by atoms with Crippen molar-refractivity contribution < 1.29 is 4.79 Å². The van der Waals surface area contributed by atoms with Crippen molar-refractivity contribution in [2.45, 2.75) is 39.2 Å². The Hall–Kier alpha value is -3.55. The van der Waals surface area contributed by atoms with Gasteiger partial charge in [0.15, 0.2) is 5.82 Å². The Kier molecular flexibility index (Phi) is 5.33. The maximum absolute atomic E-state index is 11.7. The number of tetrazole rings is 1. The summed E-state index contributed by atoms with van der Waals surface area (Å²) in [4.78, 5) is 11.7. The van der Waals surface area contributed by atoms with Gasteiger partial charge in [0.2, 0.25) is 0 Å². The summed E-state index contributed by atoms with van der Waals surface area (Å²) in [6, 6.07) is 14.4. The molecule has 0 saturated carbocycles. The topological polar surface area (TPSA) is 115 Å². The molecule has 8 heteroatoms. The van der Waals surface area contributed by atoms with Crippen LogP contribution in [0.5, 0.6) is 0 Å². The molecular formula is C21H23N7O. The predicted octanol–water partition coefficient (Wildman–Crippen LogP) is 2.24. The first kappa shape index (κ1) is 18.8. The second kappa shape index (κ2) is 8.22. The zero-order chi connectivity index (χ0) is 20.2. The lowest BCUT2D eigenvalue weighted by Gasteiger charge is -2.07. The maximum Gasteiger partial charge on any atom is 0.267 e. The van der Waals surface area contributed by atoms with Gasteiger partial charge in [0.1, 0.15) is 5.69 Å². The molecule has 0 fully saturated rings. The molecule has 29 heavy (non-hydrogen) atoms. The third kappa shape index (κ3) is 4.01. The molecular weight excluding hydrogens is 366 g/mol. The Morgan fingerprint density at radius 2 is 1.93 bits per heavy atom. The third-order valence-electron chi connectivity index (χ3n) is 5.12. The number of H-pyrrole nitrogens is 1. The molecule has 4 rings (SSSR count). The van der Waals surface area contributed by atoms with Gasteiger partial charge in [-0.15, -0.1) is 5.10 Å². The van der Waals surface area contributed by atoms with Crippen molar-refractivity contribution in [3.8, 4) is 0 Å². The van der Waals surface area contributed by atoms with Gasteiger partial charge in [0.05, 0.1) is 5.52 Å². The Balaban J connectivity index is 1.51. The van der Waals surface area contributed by atoms with Crippen molar-refractivity contribution in [2.24, 2.45) is 5.73 Å². The van der Waals surface area contributed by atoms with Crippen LogP contribution in [-0.2, 0) is 32.2 Å². The first-order chi connectivity index (χ1) is 14.2. The molecule has 2 aromatic carbocycles. The maximum atomic E-state index is 11.7. The number of nitrogens with two attached hydrogens (primary N) is 1. The number of aromatic nitrogens is 6. The average Bonchev–Trinajstić information content (AvgIpc) is 3.37. The Morgan fingerprint density at radius 1 is 1.10 bits per heavy atom. The summed E-state index contributed by atoms with van der Waals surface area (Å²) < 4.78 is 1.86. The number of aryl methyl sites for hydroxylation is 5. The Labute approximate surface area is 168 Å². The van der Waals surface area contributed by atoms with E-state index in [0.717, 1.165) is 53.7 Å². The molecule has 1 amide bonds. The van der Waals surface area contributed by atoms with Gasteiger partial charge >= 0.3 is 0 Å². The molecule has 0 saturated heterocycles. The molecule has 4 aromatic rings. The summed E-state index contributed by atoms with van der Waals surface area (Å²) in [5.41, 5.74) is 10.1. The molecule has 0 bridgehead atoms. The number of nitrogens with one attached hydrogen (secondary N) is 1. The van der Waals surface area contributed by atoms with E-state index in [-0.39, 0.29) is 0 Å². The SMILES string of the molecule is CCc1cc(CCc2nnnn2CCc2ccccc2)cc2c(C(N)=O)[nH]nc12. The van der Waals surface area contributed by atoms with Gasteiger partial charge in [-0.3, -0.25) is 9.89 Å². The van der Waals surface area contributed by atoms with Crippen LogP contribution in [0, 0.1) is 0 Å². The number of nitrogens with zero attached hydrogens (tertiary/aromatic N) is 5. The van der Waals surface area contributed by atoms with E-state index in [2.05, 4.69) is 50.8 Å². The van der Waals surface area contributed by atoms with Gasteiger partial charge in [-0.1, -0.05) is 43.3 Å². The van der Waals surface area contributed by atoms with Crippen LogP contribution in [0.15, 0.2) is 42.5 Å². The normalized spacial score (nSPS) is 11.2. The molecule has 0 unspecified atom stereocenters. The van der Waals surface area contributed by atoms with E-state index < -0.39 is 5.91 Å². The number of hydrogen-bond donors (Lipinski definition) is 2. The summed E-state index contributed by atoms with van der Waals surface area (Å²) in [6.07, 6.45) is 3.17. The molecule has 3 N–H and O–H groups in total. The van der Waals surface area contributed by atoms with Gasteiger partial charge in [-0.2, -0.15) is 5.10 Å². The second-order valence-electron chi connectivity index (χ2n) is 7.02. The van der Waals surface area contributed by atoms with Gasteiger partial charge in [0, 0.05) is 18.4 Å². The largest absolute Gasteiger partial charge is 0.364 e. The number of hydrogen-bond acceptors (Lipinski definition) is 5. The summed E-state index contributed by atoms with van der Waals surface area (Å²) in [6.45, 7) is 2.81. The summed E-state index contributed by atoms with van der Waals surface area (Å²) in [5, 5.41) is 20.0. The van der Waals surface area contributed by atoms with Crippen LogP contribution < -0.4 is 5.73 Å². The van der Waals surface area contributed by atoms with Crippen molar-refractivity contribution in [3.05, 3.63) is 70.7 Å². The number of amides is 1. The summed E-state index contributed by atoms with van der Waals surface area (Å²) >= 11 is 0. The lowest BCUT2D eigenvalue weighted by atomic mass is 10.00.